The number of aryl methyl sites for hydroxylation is 1. The number of pyridine rings is 2. The molecule has 0 radical (unpaired) electrons. The number of rotatable bonds is 11. The van der Waals surface area contributed by atoms with Crippen LogP contribution in [0.3, 0.4) is 0 Å². The number of ether oxygens (including phenoxy) is 1. The molecule has 0 amide bonds. The van der Waals surface area contributed by atoms with Crippen LogP contribution in [0.2, 0.25) is 0 Å². The second-order valence-corrected chi connectivity index (χ2v) is 6.64. The largest absolute Gasteiger partial charge is 0.492 e. The summed E-state index contributed by atoms with van der Waals surface area (Å²) in [7, 11) is 0. The molecule has 150 valence electrons. The molecule has 3 rings (SSSR count). The quantitative estimate of drug-likeness (QED) is 0.485. The Bertz CT molecular complexity index is 831. The van der Waals surface area contributed by atoms with Crippen LogP contribution in [0.25, 0.3) is 0 Å². The summed E-state index contributed by atoms with van der Waals surface area (Å²) in [4.78, 5) is 21.3. The third-order valence-corrected chi connectivity index (χ3v) is 4.50. The Kier molecular flexibility index (Phi) is 7.57. The molecule has 0 saturated carbocycles. The van der Waals surface area contributed by atoms with Gasteiger partial charge in [-0.1, -0.05) is 18.2 Å². The van der Waals surface area contributed by atoms with Crippen molar-refractivity contribution < 1.29 is 14.6 Å². The van der Waals surface area contributed by atoms with E-state index < -0.39 is 5.97 Å². The van der Waals surface area contributed by atoms with Crippen LogP contribution in [0.5, 0.6) is 5.75 Å². The summed E-state index contributed by atoms with van der Waals surface area (Å²) in [5.74, 6) is 0.923. The van der Waals surface area contributed by atoms with E-state index in [2.05, 4.69) is 14.9 Å². The highest BCUT2D eigenvalue weighted by Crippen LogP contribution is 2.22. The number of hydrogen-bond donors (Lipinski definition) is 1. The lowest BCUT2D eigenvalue weighted by atomic mass is 10.1. The van der Waals surface area contributed by atoms with Crippen LogP contribution in [0.15, 0.2) is 73.2 Å². The SMILES string of the molecule is O=C(O)CCCCc1ccc(OCCN(c2cccnc2)c2ccccn2)cc1. The number of benzene rings is 1. The van der Waals surface area contributed by atoms with Crippen molar-refractivity contribution in [2.75, 3.05) is 18.1 Å². The lowest BCUT2D eigenvalue weighted by Gasteiger charge is -2.23. The highest BCUT2D eigenvalue weighted by Gasteiger charge is 2.10. The standard InChI is InChI=1S/C23H25N3O3/c27-23(28)9-2-1-6-19-10-12-21(13-11-19)29-17-16-26(20-7-5-14-24-18-20)22-8-3-4-15-25-22/h3-5,7-8,10-15,18H,1-2,6,9,16-17H2,(H,27,28). The molecule has 2 aromatic heterocycles. The Balaban J connectivity index is 1.52. The first kappa shape index (κ1) is 20.3. The molecule has 0 spiro atoms. The molecule has 29 heavy (non-hydrogen) atoms. The van der Waals surface area contributed by atoms with Gasteiger partial charge >= 0.3 is 5.97 Å². The van der Waals surface area contributed by atoms with Gasteiger partial charge in [0.05, 0.1) is 18.4 Å². The molecule has 0 fully saturated rings. The number of carboxylic acids is 1. The number of unbranched alkanes of at least 4 members (excludes halogenated alkanes) is 1. The Labute approximate surface area is 170 Å². The van der Waals surface area contributed by atoms with Crippen LogP contribution < -0.4 is 9.64 Å². The van der Waals surface area contributed by atoms with E-state index in [4.69, 9.17) is 9.84 Å². The Hall–Kier alpha value is -3.41. The lowest BCUT2D eigenvalue weighted by molar-refractivity contribution is -0.137. The number of carboxylic acid groups (broad SMARTS) is 1. The molecule has 0 aliphatic carbocycles. The van der Waals surface area contributed by atoms with Crippen molar-refractivity contribution in [3.63, 3.8) is 0 Å². The first-order valence-corrected chi connectivity index (χ1v) is 9.74. The third-order valence-electron chi connectivity index (χ3n) is 4.50. The summed E-state index contributed by atoms with van der Waals surface area (Å²) in [5.41, 5.74) is 2.15. The van der Waals surface area contributed by atoms with Gasteiger partial charge in [-0.2, -0.15) is 0 Å². The summed E-state index contributed by atoms with van der Waals surface area (Å²) in [6.45, 7) is 1.14. The van der Waals surface area contributed by atoms with E-state index in [9.17, 15) is 4.79 Å². The van der Waals surface area contributed by atoms with Gasteiger partial charge in [-0.05, 0) is 61.2 Å². The smallest absolute Gasteiger partial charge is 0.303 e. The second kappa shape index (κ2) is 10.8. The third kappa shape index (κ3) is 6.60. The van der Waals surface area contributed by atoms with Crippen molar-refractivity contribution in [3.8, 4) is 5.75 Å². The monoisotopic (exact) mass is 391 g/mol. The predicted molar refractivity (Wildman–Crippen MR) is 113 cm³/mol. The maximum atomic E-state index is 10.6. The number of aromatic nitrogens is 2. The van der Waals surface area contributed by atoms with Gasteiger partial charge in [-0.25, -0.2) is 4.98 Å². The molecule has 6 nitrogen and oxygen atoms in total. The highest BCUT2D eigenvalue weighted by molar-refractivity contribution is 5.66. The highest BCUT2D eigenvalue weighted by atomic mass is 16.5. The predicted octanol–water partition coefficient (Wildman–Crippen LogP) is 4.49. The number of nitrogens with zero attached hydrogens (tertiary/aromatic N) is 3. The van der Waals surface area contributed by atoms with E-state index >= 15 is 0 Å². The molecule has 6 heteroatoms. The van der Waals surface area contributed by atoms with Crippen LogP contribution in [-0.2, 0) is 11.2 Å². The van der Waals surface area contributed by atoms with Gasteiger partial charge in [0, 0.05) is 18.8 Å². The second-order valence-electron chi connectivity index (χ2n) is 6.64. The zero-order valence-electron chi connectivity index (χ0n) is 16.3. The minimum Gasteiger partial charge on any atom is -0.492 e. The van der Waals surface area contributed by atoms with Crippen molar-refractivity contribution in [1.82, 2.24) is 9.97 Å². The molecule has 2 heterocycles. The van der Waals surface area contributed by atoms with Crippen LogP contribution in [-0.4, -0.2) is 34.2 Å². The van der Waals surface area contributed by atoms with E-state index in [1.165, 1.54) is 5.56 Å². The topological polar surface area (TPSA) is 75.6 Å². The van der Waals surface area contributed by atoms with Crippen LogP contribution in [0.4, 0.5) is 11.5 Å². The minimum absolute atomic E-state index is 0.227. The Morgan fingerprint density at radius 2 is 1.86 bits per heavy atom. The van der Waals surface area contributed by atoms with Gasteiger partial charge in [0.1, 0.15) is 18.2 Å². The van der Waals surface area contributed by atoms with Crippen LogP contribution in [0, 0.1) is 0 Å². The maximum absolute atomic E-state index is 10.6. The van der Waals surface area contributed by atoms with Crippen LogP contribution in [0.1, 0.15) is 24.8 Å². The fourth-order valence-corrected chi connectivity index (χ4v) is 3.02. The number of hydrogen-bond acceptors (Lipinski definition) is 5. The van der Waals surface area contributed by atoms with Gasteiger partial charge in [0.15, 0.2) is 0 Å². The summed E-state index contributed by atoms with van der Waals surface area (Å²) < 4.78 is 5.92. The van der Waals surface area contributed by atoms with Gasteiger partial charge in [-0.3, -0.25) is 9.78 Å². The molecule has 0 atom stereocenters. The van der Waals surface area contributed by atoms with Crippen molar-refractivity contribution >= 4 is 17.5 Å². The fraction of sp³-hybridized carbons (Fsp3) is 0.261. The molecular formula is C23H25N3O3. The van der Waals surface area contributed by atoms with E-state index in [0.717, 1.165) is 30.1 Å². The summed E-state index contributed by atoms with van der Waals surface area (Å²) in [5, 5.41) is 8.69. The van der Waals surface area contributed by atoms with Crippen molar-refractivity contribution in [3.05, 3.63) is 78.8 Å². The summed E-state index contributed by atoms with van der Waals surface area (Å²) in [6.07, 6.45) is 8.01. The first-order valence-electron chi connectivity index (χ1n) is 9.74. The van der Waals surface area contributed by atoms with E-state index in [1.54, 1.807) is 12.4 Å². The average molecular weight is 391 g/mol. The maximum Gasteiger partial charge on any atom is 0.303 e. The zero-order valence-corrected chi connectivity index (χ0v) is 16.3. The van der Waals surface area contributed by atoms with Gasteiger partial charge in [0.2, 0.25) is 0 Å². The van der Waals surface area contributed by atoms with Crippen molar-refractivity contribution in [2.24, 2.45) is 0 Å². The average Bonchev–Trinajstić information content (AvgIpc) is 2.76. The molecule has 3 aromatic rings. The molecule has 0 aliphatic heterocycles. The zero-order chi connectivity index (χ0) is 20.3. The van der Waals surface area contributed by atoms with Crippen molar-refractivity contribution in [2.45, 2.75) is 25.7 Å². The van der Waals surface area contributed by atoms with Gasteiger partial charge in [0.25, 0.3) is 0 Å². The van der Waals surface area contributed by atoms with Crippen LogP contribution >= 0.6 is 0 Å². The Morgan fingerprint density at radius 1 is 1.00 bits per heavy atom. The summed E-state index contributed by atoms with van der Waals surface area (Å²) in [6, 6.07) is 17.7. The van der Waals surface area contributed by atoms with Gasteiger partial charge < -0.3 is 14.7 Å². The molecule has 1 aromatic carbocycles. The Morgan fingerprint density at radius 3 is 2.55 bits per heavy atom. The van der Waals surface area contributed by atoms with Gasteiger partial charge in [-0.15, -0.1) is 0 Å². The van der Waals surface area contributed by atoms with Crippen molar-refractivity contribution in [1.29, 1.82) is 0 Å². The molecule has 1 N–H and O–H groups in total. The normalized spacial score (nSPS) is 10.5. The molecule has 0 aliphatic rings. The number of aliphatic carboxylic acids is 1. The molecule has 0 saturated heterocycles. The number of anilines is 2. The lowest BCUT2D eigenvalue weighted by Crippen LogP contribution is -2.24. The summed E-state index contributed by atoms with van der Waals surface area (Å²) >= 11 is 0. The molecule has 0 bridgehead atoms. The van der Waals surface area contributed by atoms with E-state index in [1.807, 2.05) is 60.8 Å². The molecular weight excluding hydrogens is 366 g/mol. The molecule has 0 unspecified atom stereocenters. The first-order chi connectivity index (χ1) is 14.2. The fourth-order valence-electron chi connectivity index (χ4n) is 3.02. The number of carbonyl (C=O) groups is 1. The minimum atomic E-state index is -0.736. The van der Waals surface area contributed by atoms with E-state index in [-0.39, 0.29) is 6.42 Å². The van der Waals surface area contributed by atoms with E-state index in [0.29, 0.717) is 19.6 Å².